The molecule has 3 rings (SSSR count). The molecule has 0 unspecified atom stereocenters. The molecule has 6 nitrogen and oxygen atoms in total. The number of carboxylic acids is 1. The number of carbonyl (C=O) groups excluding carboxylic acids is 1. The highest BCUT2D eigenvalue weighted by molar-refractivity contribution is 7.12. The predicted molar refractivity (Wildman–Crippen MR) is 90.4 cm³/mol. The summed E-state index contributed by atoms with van der Waals surface area (Å²) in [6.07, 6.45) is -5.42. The highest BCUT2D eigenvalue weighted by atomic mass is 32.1. The number of phenolic OH excluding ortho intramolecular Hbond substituents is 1. The third-order valence-corrected chi connectivity index (χ3v) is 4.78. The number of phenols is 1. The molecule has 0 aliphatic carbocycles. The van der Waals surface area contributed by atoms with Crippen molar-refractivity contribution in [1.82, 2.24) is 4.57 Å². The molecule has 0 bridgehead atoms. The van der Waals surface area contributed by atoms with Gasteiger partial charge in [0.05, 0.1) is 17.5 Å². The number of rotatable bonds is 4. The molecular weight excluding hydrogens is 406 g/mol. The number of aromatic nitrogens is 1. The summed E-state index contributed by atoms with van der Waals surface area (Å²) in [5.74, 6) is -3.76. The van der Waals surface area contributed by atoms with E-state index in [1.807, 2.05) is 0 Å². The van der Waals surface area contributed by atoms with Crippen molar-refractivity contribution in [2.75, 3.05) is 0 Å². The SMILES string of the molecule is Cc1c(CC(=O)O)c2cc(O)c(F)cc2n1C(=O)c1csc(OC(F)(F)F)c1. The van der Waals surface area contributed by atoms with Crippen LogP contribution >= 0.6 is 11.3 Å². The quantitative estimate of drug-likeness (QED) is 0.625. The lowest BCUT2D eigenvalue weighted by Crippen LogP contribution is -2.16. The van der Waals surface area contributed by atoms with Crippen molar-refractivity contribution in [3.8, 4) is 10.8 Å². The molecule has 0 saturated heterocycles. The number of hydrogen-bond acceptors (Lipinski definition) is 5. The second-order valence-electron chi connectivity index (χ2n) is 5.80. The van der Waals surface area contributed by atoms with Gasteiger partial charge in [-0.1, -0.05) is 0 Å². The topological polar surface area (TPSA) is 88.8 Å². The molecule has 0 radical (unpaired) electrons. The minimum Gasteiger partial charge on any atom is -0.505 e. The summed E-state index contributed by atoms with van der Waals surface area (Å²) in [4.78, 5) is 24.0. The Labute approximate surface area is 158 Å². The molecule has 2 N–H and O–H groups in total. The highest BCUT2D eigenvalue weighted by Crippen LogP contribution is 2.34. The van der Waals surface area contributed by atoms with Gasteiger partial charge in [0.1, 0.15) is 0 Å². The van der Waals surface area contributed by atoms with Crippen LogP contribution in [0.4, 0.5) is 17.6 Å². The number of carbonyl (C=O) groups is 2. The number of aromatic hydroxyl groups is 1. The molecular formula is C17H11F4NO5S. The smallest absolute Gasteiger partial charge is 0.505 e. The van der Waals surface area contributed by atoms with Crippen molar-refractivity contribution >= 4 is 34.1 Å². The third kappa shape index (κ3) is 3.65. The fourth-order valence-electron chi connectivity index (χ4n) is 2.85. The number of thiophene rings is 1. The lowest BCUT2D eigenvalue weighted by molar-refractivity contribution is -0.273. The Bertz CT molecular complexity index is 1100. The summed E-state index contributed by atoms with van der Waals surface area (Å²) in [5.41, 5.74) is 0.170. The Balaban J connectivity index is 2.14. The van der Waals surface area contributed by atoms with Gasteiger partial charge in [-0.15, -0.1) is 24.5 Å². The standard InChI is InChI=1S/C17H11F4NO5S/c1-7-9(4-14(24)25)10-3-13(23)11(18)5-12(10)22(7)16(26)8-2-15(28-6-8)27-17(19,20)21/h2-3,5-6,23H,4H2,1H3,(H,24,25). The molecule has 148 valence electrons. The molecule has 28 heavy (non-hydrogen) atoms. The number of aliphatic carboxylic acids is 1. The van der Waals surface area contributed by atoms with E-state index in [1.54, 1.807) is 0 Å². The van der Waals surface area contributed by atoms with Crippen LogP contribution in [0.2, 0.25) is 0 Å². The Morgan fingerprint density at radius 2 is 1.93 bits per heavy atom. The van der Waals surface area contributed by atoms with Gasteiger partial charge in [0.25, 0.3) is 5.91 Å². The second-order valence-corrected chi connectivity index (χ2v) is 6.67. The first-order valence-electron chi connectivity index (χ1n) is 7.61. The summed E-state index contributed by atoms with van der Waals surface area (Å²) in [6, 6.07) is 2.76. The molecule has 0 saturated carbocycles. The molecule has 0 fully saturated rings. The van der Waals surface area contributed by atoms with E-state index in [1.165, 1.54) is 6.92 Å². The van der Waals surface area contributed by atoms with Crippen LogP contribution in [0.3, 0.4) is 0 Å². The maximum absolute atomic E-state index is 13.9. The molecule has 2 heterocycles. The number of carboxylic acid groups (broad SMARTS) is 1. The third-order valence-electron chi connectivity index (χ3n) is 3.97. The van der Waals surface area contributed by atoms with E-state index >= 15 is 0 Å². The lowest BCUT2D eigenvalue weighted by Gasteiger charge is -2.07. The van der Waals surface area contributed by atoms with Crippen molar-refractivity contribution in [2.24, 2.45) is 0 Å². The average molecular weight is 417 g/mol. The summed E-state index contributed by atoms with van der Waals surface area (Å²) in [6.45, 7) is 1.42. The highest BCUT2D eigenvalue weighted by Gasteiger charge is 2.32. The van der Waals surface area contributed by atoms with Crippen LogP contribution in [0.1, 0.15) is 21.6 Å². The first-order chi connectivity index (χ1) is 13.0. The number of nitrogens with zero attached hydrogens (tertiary/aromatic N) is 1. The van der Waals surface area contributed by atoms with Gasteiger partial charge in [-0.25, -0.2) is 4.39 Å². The van der Waals surface area contributed by atoms with Crippen molar-refractivity contribution in [3.63, 3.8) is 0 Å². The first-order valence-corrected chi connectivity index (χ1v) is 8.49. The molecule has 2 aromatic heterocycles. The Hall–Kier alpha value is -3.08. The Morgan fingerprint density at radius 1 is 1.25 bits per heavy atom. The van der Waals surface area contributed by atoms with Crippen molar-refractivity contribution in [3.05, 3.63) is 46.2 Å². The van der Waals surface area contributed by atoms with Gasteiger partial charge in [-0.05, 0) is 18.6 Å². The van der Waals surface area contributed by atoms with Gasteiger partial charge in [0.2, 0.25) is 0 Å². The van der Waals surface area contributed by atoms with E-state index in [9.17, 15) is 32.3 Å². The molecule has 1 aromatic carbocycles. The van der Waals surface area contributed by atoms with Gasteiger partial charge < -0.3 is 14.9 Å². The van der Waals surface area contributed by atoms with Crippen LogP contribution in [0.15, 0.2) is 23.6 Å². The van der Waals surface area contributed by atoms with E-state index in [4.69, 9.17) is 5.11 Å². The maximum Gasteiger partial charge on any atom is 0.573 e. The fraction of sp³-hybridized carbons (Fsp3) is 0.176. The minimum absolute atomic E-state index is 0.0152. The van der Waals surface area contributed by atoms with Crippen LogP contribution in [-0.2, 0) is 11.2 Å². The summed E-state index contributed by atoms with van der Waals surface area (Å²) in [5, 5.41) is 19.4. The van der Waals surface area contributed by atoms with Gasteiger partial charge in [-0.3, -0.25) is 14.2 Å². The zero-order valence-corrected chi connectivity index (χ0v) is 14.8. The Morgan fingerprint density at radius 3 is 2.54 bits per heavy atom. The summed E-state index contributed by atoms with van der Waals surface area (Å²) >= 11 is 0.549. The molecule has 0 atom stereocenters. The minimum atomic E-state index is -4.92. The van der Waals surface area contributed by atoms with E-state index < -0.39 is 41.3 Å². The number of fused-ring (bicyclic) bond motifs is 1. The van der Waals surface area contributed by atoms with Gasteiger partial charge in [-0.2, -0.15) is 0 Å². The first kappa shape index (κ1) is 19.7. The molecule has 0 aliphatic heterocycles. The van der Waals surface area contributed by atoms with Crippen LogP contribution in [0.5, 0.6) is 10.8 Å². The van der Waals surface area contributed by atoms with Gasteiger partial charge >= 0.3 is 12.3 Å². The van der Waals surface area contributed by atoms with Crippen molar-refractivity contribution < 1.29 is 42.1 Å². The number of halogens is 4. The summed E-state index contributed by atoms with van der Waals surface area (Å²) < 4.78 is 55.6. The Kier molecular flexibility index (Phi) is 4.79. The predicted octanol–water partition coefficient (Wildman–Crippen LogP) is 4.07. The van der Waals surface area contributed by atoms with E-state index in [2.05, 4.69) is 4.74 Å². The van der Waals surface area contributed by atoms with Crippen molar-refractivity contribution in [2.45, 2.75) is 19.7 Å². The zero-order valence-electron chi connectivity index (χ0n) is 14.0. The van der Waals surface area contributed by atoms with E-state index in [0.717, 1.165) is 28.1 Å². The monoisotopic (exact) mass is 417 g/mol. The van der Waals surface area contributed by atoms with Crippen LogP contribution in [-0.4, -0.2) is 33.0 Å². The van der Waals surface area contributed by atoms with Crippen LogP contribution < -0.4 is 4.74 Å². The fourth-order valence-corrected chi connectivity index (χ4v) is 3.60. The van der Waals surface area contributed by atoms with Crippen LogP contribution in [0.25, 0.3) is 10.9 Å². The molecule has 3 aromatic rings. The lowest BCUT2D eigenvalue weighted by atomic mass is 10.1. The van der Waals surface area contributed by atoms with Crippen LogP contribution in [0, 0.1) is 12.7 Å². The summed E-state index contributed by atoms with van der Waals surface area (Å²) in [7, 11) is 0. The van der Waals surface area contributed by atoms with E-state index in [-0.39, 0.29) is 27.7 Å². The molecule has 0 amide bonds. The van der Waals surface area contributed by atoms with Gasteiger partial charge in [0.15, 0.2) is 16.6 Å². The zero-order chi connectivity index (χ0) is 20.8. The molecule has 0 aliphatic rings. The number of alkyl halides is 3. The maximum atomic E-state index is 13.9. The van der Waals surface area contributed by atoms with Crippen molar-refractivity contribution in [1.29, 1.82) is 0 Å². The molecule has 11 heteroatoms. The molecule has 0 spiro atoms. The second kappa shape index (κ2) is 6.82. The van der Waals surface area contributed by atoms with E-state index in [0.29, 0.717) is 11.3 Å². The van der Waals surface area contributed by atoms with Gasteiger partial charge in [0, 0.05) is 28.6 Å². The normalized spacial score (nSPS) is 11.8. The largest absolute Gasteiger partial charge is 0.573 e. The number of hydrogen-bond donors (Lipinski definition) is 2. The average Bonchev–Trinajstić information content (AvgIpc) is 3.10. The number of ether oxygens (including phenoxy) is 1. The number of benzene rings is 1.